The minimum atomic E-state index is -0.805. The number of carbonyl (C=O) groups is 1. The van der Waals surface area contributed by atoms with Crippen molar-refractivity contribution in [1.29, 1.82) is 0 Å². The van der Waals surface area contributed by atoms with E-state index in [1.807, 2.05) is 0 Å². The molecule has 0 aliphatic rings. The van der Waals surface area contributed by atoms with Gasteiger partial charge in [0, 0.05) is 0 Å². The molecule has 0 atom stereocenters. The zero-order chi connectivity index (χ0) is 14.2. The van der Waals surface area contributed by atoms with E-state index in [4.69, 9.17) is 5.11 Å². The fraction of sp³-hybridized carbons (Fsp3) is 0.429. The summed E-state index contributed by atoms with van der Waals surface area (Å²) in [5.41, 5.74) is 4.38. The van der Waals surface area contributed by atoms with Gasteiger partial charge < -0.3 is 10.1 Å². The molecule has 0 amide bonds. The first kappa shape index (κ1) is 13.9. The van der Waals surface area contributed by atoms with Gasteiger partial charge in [-0.15, -0.1) is 11.8 Å². The zero-order valence-electron chi connectivity index (χ0n) is 11.6. The highest BCUT2D eigenvalue weighted by Crippen LogP contribution is 2.28. The van der Waals surface area contributed by atoms with E-state index in [9.17, 15) is 4.79 Å². The Morgan fingerprint density at radius 2 is 2.00 bits per heavy atom. The minimum absolute atomic E-state index is 0.562. The molecule has 1 aromatic heterocycles. The molecule has 0 aliphatic carbocycles. The third-order valence-corrected chi connectivity index (χ3v) is 4.55. The lowest BCUT2D eigenvalue weighted by molar-refractivity contribution is -0.138. The van der Waals surface area contributed by atoms with Gasteiger partial charge in [0.15, 0.2) is 0 Å². The summed E-state index contributed by atoms with van der Waals surface area (Å²) in [6, 6.07) is 4.13. The minimum Gasteiger partial charge on any atom is -0.480 e. The van der Waals surface area contributed by atoms with Crippen LogP contribution in [-0.4, -0.2) is 25.8 Å². The summed E-state index contributed by atoms with van der Waals surface area (Å²) in [7, 11) is 0. The van der Waals surface area contributed by atoms with Gasteiger partial charge in [-0.05, 0) is 51.0 Å². The Balaban J connectivity index is 2.21. The lowest BCUT2D eigenvalue weighted by atomic mass is 10.1. The number of H-pyrrole nitrogens is 1. The average Bonchev–Trinajstić information content (AvgIpc) is 2.69. The van der Waals surface area contributed by atoms with E-state index in [2.05, 4.69) is 35.9 Å². The highest BCUT2D eigenvalue weighted by molar-refractivity contribution is 8.00. The number of carboxylic acids is 1. The number of rotatable bonds is 4. The number of aliphatic carboxylic acids is 1. The second-order valence-corrected chi connectivity index (χ2v) is 6.84. The molecule has 0 spiro atoms. The fourth-order valence-corrected chi connectivity index (χ4v) is 2.46. The molecule has 4 nitrogen and oxygen atoms in total. The monoisotopic (exact) mass is 278 g/mol. The van der Waals surface area contributed by atoms with Crippen molar-refractivity contribution >= 4 is 28.8 Å². The van der Waals surface area contributed by atoms with Crippen molar-refractivity contribution in [2.24, 2.45) is 0 Å². The Morgan fingerprint density at radius 3 is 2.63 bits per heavy atom. The highest BCUT2D eigenvalue weighted by Gasteiger charge is 2.27. The van der Waals surface area contributed by atoms with Gasteiger partial charge in [-0.25, -0.2) is 4.98 Å². The van der Waals surface area contributed by atoms with E-state index in [0.717, 1.165) is 16.9 Å². The van der Waals surface area contributed by atoms with Crippen molar-refractivity contribution in [2.75, 3.05) is 0 Å². The second-order valence-electron chi connectivity index (χ2n) is 5.24. The molecule has 19 heavy (non-hydrogen) atoms. The van der Waals surface area contributed by atoms with E-state index in [1.54, 1.807) is 13.8 Å². The summed E-state index contributed by atoms with van der Waals surface area (Å²) in [6.45, 7) is 7.54. The Morgan fingerprint density at radius 1 is 1.37 bits per heavy atom. The maximum Gasteiger partial charge on any atom is 0.319 e. The molecule has 0 fully saturated rings. The molecule has 2 aromatic rings. The van der Waals surface area contributed by atoms with E-state index < -0.39 is 10.7 Å². The number of aromatic nitrogens is 2. The van der Waals surface area contributed by atoms with Gasteiger partial charge in [-0.1, -0.05) is 0 Å². The molecule has 0 saturated heterocycles. The molecule has 0 aliphatic heterocycles. The van der Waals surface area contributed by atoms with Gasteiger partial charge in [0.2, 0.25) is 0 Å². The molecule has 0 bridgehead atoms. The number of nitrogens with zero attached hydrogens (tertiary/aromatic N) is 1. The van der Waals surface area contributed by atoms with E-state index in [-0.39, 0.29) is 0 Å². The van der Waals surface area contributed by atoms with Crippen molar-refractivity contribution in [3.05, 3.63) is 29.1 Å². The number of aryl methyl sites for hydroxylation is 2. The number of hydrogen-bond donors (Lipinski definition) is 2. The van der Waals surface area contributed by atoms with Gasteiger partial charge >= 0.3 is 5.97 Å². The van der Waals surface area contributed by atoms with Crippen molar-refractivity contribution in [1.82, 2.24) is 9.97 Å². The summed E-state index contributed by atoms with van der Waals surface area (Å²) < 4.78 is -0.801. The summed E-state index contributed by atoms with van der Waals surface area (Å²) in [4.78, 5) is 18.8. The maximum atomic E-state index is 11.1. The van der Waals surface area contributed by atoms with E-state index in [1.165, 1.54) is 22.9 Å². The molecule has 2 N–H and O–H groups in total. The Kier molecular flexibility index (Phi) is 3.58. The lowest BCUT2D eigenvalue weighted by Crippen LogP contribution is -2.27. The van der Waals surface area contributed by atoms with Gasteiger partial charge in [0.05, 0.1) is 16.8 Å². The fourth-order valence-electron chi connectivity index (χ4n) is 1.70. The molecule has 0 radical (unpaired) electrons. The molecule has 0 unspecified atom stereocenters. The predicted octanol–water partition coefficient (Wildman–Crippen LogP) is 3.28. The van der Waals surface area contributed by atoms with Crippen LogP contribution in [0.15, 0.2) is 12.1 Å². The number of thioether (sulfide) groups is 1. The number of hydrogen-bond acceptors (Lipinski definition) is 3. The number of aromatic amines is 1. The van der Waals surface area contributed by atoms with Gasteiger partial charge in [-0.3, -0.25) is 4.79 Å². The molecular formula is C14H18N2O2S. The Bertz CT molecular complexity index is 593. The standard InChI is InChI=1S/C14H18N2O2S/c1-8-5-10-11(6-9(8)2)16-12(15-10)7-19-14(3,4)13(17)18/h5-6H,7H2,1-4H3,(H,15,16)(H,17,18). The smallest absolute Gasteiger partial charge is 0.319 e. The van der Waals surface area contributed by atoms with Crippen molar-refractivity contribution in [3.8, 4) is 0 Å². The quantitative estimate of drug-likeness (QED) is 0.900. The average molecular weight is 278 g/mol. The van der Waals surface area contributed by atoms with Gasteiger partial charge in [0.25, 0.3) is 0 Å². The molecule has 1 aromatic carbocycles. The number of benzene rings is 1. The van der Waals surface area contributed by atoms with Crippen LogP contribution < -0.4 is 0 Å². The summed E-state index contributed by atoms with van der Waals surface area (Å²) in [5, 5.41) is 9.08. The van der Waals surface area contributed by atoms with E-state index >= 15 is 0 Å². The Hall–Kier alpha value is -1.49. The molecule has 102 valence electrons. The maximum absolute atomic E-state index is 11.1. The highest BCUT2D eigenvalue weighted by atomic mass is 32.2. The molecule has 1 heterocycles. The normalized spacial score (nSPS) is 12.0. The predicted molar refractivity (Wildman–Crippen MR) is 78.6 cm³/mol. The summed E-state index contributed by atoms with van der Waals surface area (Å²) >= 11 is 1.37. The zero-order valence-corrected chi connectivity index (χ0v) is 12.4. The largest absolute Gasteiger partial charge is 0.480 e. The van der Waals surface area contributed by atoms with Crippen LogP contribution in [0.4, 0.5) is 0 Å². The van der Waals surface area contributed by atoms with Crippen LogP contribution >= 0.6 is 11.8 Å². The number of carboxylic acid groups (broad SMARTS) is 1. The van der Waals surface area contributed by atoms with Crippen LogP contribution in [-0.2, 0) is 10.5 Å². The first-order valence-corrected chi connectivity index (χ1v) is 7.11. The SMILES string of the molecule is Cc1cc2nc(CSC(C)(C)C(=O)O)[nH]c2cc1C. The first-order valence-electron chi connectivity index (χ1n) is 6.13. The molecule has 0 saturated carbocycles. The number of imidazole rings is 1. The van der Waals surface area contributed by atoms with Crippen molar-refractivity contribution in [3.63, 3.8) is 0 Å². The van der Waals surface area contributed by atoms with Gasteiger partial charge in [-0.2, -0.15) is 0 Å². The molecule has 2 rings (SSSR count). The van der Waals surface area contributed by atoms with Crippen LogP contribution in [0.5, 0.6) is 0 Å². The van der Waals surface area contributed by atoms with Crippen LogP contribution in [0.3, 0.4) is 0 Å². The summed E-state index contributed by atoms with van der Waals surface area (Å²) in [6.07, 6.45) is 0. The first-order chi connectivity index (χ1) is 8.79. The van der Waals surface area contributed by atoms with Crippen LogP contribution in [0.1, 0.15) is 30.8 Å². The number of nitrogens with one attached hydrogen (secondary N) is 1. The lowest BCUT2D eigenvalue weighted by Gasteiger charge is -2.17. The van der Waals surface area contributed by atoms with Crippen LogP contribution in [0, 0.1) is 13.8 Å². The Labute approximate surface area is 116 Å². The second kappa shape index (κ2) is 4.89. The van der Waals surface area contributed by atoms with E-state index in [0.29, 0.717) is 5.75 Å². The van der Waals surface area contributed by atoms with Crippen LogP contribution in [0.2, 0.25) is 0 Å². The number of fused-ring (bicyclic) bond motifs is 1. The van der Waals surface area contributed by atoms with Crippen LogP contribution in [0.25, 0.3) is 11.0 Å². The topological polar surface area (TPSA) is 66.0 Å². The van der Waals surface area contributed by atoms with Gasteiger partial charge in [0.1, 0.15) is 10.6 Å². The van der Waals surface area contributed by atoms with Crippen molar-refractivity contribution < 1.29 is 9.90 Å². The third kappa shape index (κ3) is 2.92. The molecular weight excluding hydrogens is 260 g/mol. The third-order valence-electron chi connectivity index (χ3n) is 3.23. The van der Waals surface area contributed by atoms with Crippen molar-refractivity contribution in [2.45, 2.75) is 38.2 Å². The summed E-state index contributed by atoms with van der Waals surface area (Å²) in [5.74, 6) is 0.575. The molecule has 5 heteroatoms.